The van der Waals surface area contributed by atoms with E-state index in [0.29, 0.717) is 0 Å². The highest BCUT2D eigenvalue weighted by Crippen LogP contribution is 2.25. The average molecular weight is 279 g/mol. The lowest BCUT2D eigenvalue weighted by molar-refractivity contribution is 0.388. The van der Waals surface area contributed by atoms with Gasteiger partial charge in [-0.3, -0.25) is 0 Å². The van der Waals surface area contributed by atoms with Crippen molar-refractivity contribution in [3.05, 3.63) is 0 Å². The predicted molar refractivity (Wildman–Crippen MR) is 80.1 cm³/mol. The molecule has 0 atom stereocenters. The van der Waals surface area contributed by atoms with Crippen LogP contribution in [0.5, 0.6) is 0 Å². The molecular formula is C11H30O2Si3. The van der Waals surface area contributed by atoms with E-state index in [4.69, 9.17) is 8.23 Å². The average Bonchev–Trinajstić information content (AvgIpc) is 1.69. The molecule has 98 valence electrons. The van der Waals surface area contributed by atoms with Gasteiger partial charge < -0.3 is 8.23 Å². The molecule has 0 aliphatic heterocycles. The summed E-state index contributed by atoms with van der Waals surface area (Å²) in [5, 5.41) is 0. The molecule has 0 saturated heterocycles. The Morgan fingerprint density at radius 2 is 1.25 bits per heavy atom. The summed E-state index contributed by atoms with van der Waals surface area (Å²) in [5.41, 5.74) is 0. The molecule has 0 saturated carbocycles. The van der Waals surface area contributed by atoms with Crippen LogP contribution in [0, 0.1) is 5.92 Å². The summed E-state index contributed by atoms with van der Waals surface area (Å²) in [5.74, 6) is 0.721. The quantitative estimate of drug-likeness (QED) is 0.670. The normalized spacial score (nSPS) is 14.6. The molecule has 0 amide bonds. The van der Waals surface area contributed by atoms with Gasteiger partial charge in [0.1, 0.15) is 0 Å². The Balaban J connectivity index is 4.45. The van der Waals surface area contributed by atoms with E-state index < -0.39 is 25.2 Å². The Morgan fingerprint density at radius 1 is 0.812 bits per heavy atom. The van der Waals surface area contributed by atoms with Crippen molar-refractivity contribution in [2.45, 2.75) is 65.7 Å². The van der Waals surface area contributed by atoms with Crippen LogP contribution < -0.4 is 0 Å². The molecule has 0 aromatic heterocycles. The van der Waals surface area contributed by atoms with Gasteiger partial charge in [0.2, 0.25) is 0 Å². The van der Waals surface area contributed by atoms with E-state index in [9.17, 15) is 0 Å². The zero-order valence-electron chi connectivity index (χ0n) is 12.6. The fourth-order valence-electron chi connectivity index (χ4n) is 2.45. The molecule has 0 spiro atoms. The molecule has 0 unspecified atom stereocenters. The molecule has 0 radical (unpaired) electrons. The van der Waals surface area contributed by atoms with E-state index in [1.165, 1.54) is 6.04 Å². The first-order valence-electron chi connectivity index (χ1n) is 6.23. The zero-order valence-corrected chi connectivity index (χ0v) is 15.6. The molecule has 0 aliphatic carbocycles. The maximum Gasteiger partial charge on any atom is 0.311 e. The van der Waals surface area contributed by atoms with Gasteiger partial charge in [0.15, 0.2) is 16.6 Å². The molecule has 2 nitrogen and oxygen atoms in total. The van der Waals surface area contributed by atoms with Crippen molar-refractivity contribution in [1.29, 1.82) is 0 Å². The smallest absolute Gasteiger partial charge is 0.311 e. The summed E-state index contributed by atoms with van der Waals surface area (Å²) in [6, 6.07) is 1.22. The Kier molecular flexibility index (Phi) is 5.67. The Bertz CT molecular complexity index is 220. The van der Waals surface area contributed by atoms with Crippen LogP contribution >= 0.6 is 0 Å². The topological polar surface area (TPSA) is 18.5 Å². The van der Waals surface area contributed by atoms with E-state index in [-0.39, 0.29) is 0 Å². The third kappa shape index (κ3) is 8.69. The third-order valence-corrected chi connectivity index (χ3v) is 12.4. The molecule has 0 aromatic rings. The molecule has 5 heteroatoms. The first kappa shape index (κ1) is 16.6. The van der Waals surface area contributed by atoms with Crippen molar-refractivity contribution >= 4 is 25.2 Å². The van der Waals surface area contributed by atoms with Gasteiger partial charge in [0, 0.05) is 0 Å². The lowest BCUT2D eigenvalue weighted by Crippen LogP contribution is -2.51. The molecule has 0 aromatic carbocycles. The van der Waals surface area contributed by atoms with E-state index in [2.05, 4.69) is 59.7 Å². The fraction of sp³-hybridized carbons (Fsp3) is 1.00. The summed E-state index contributed by atoms with van der Waals surface area (Å²) in [7, 11) is -4.93. The van der Waals surface area contributed by atoms with Crippen molar-refractivity contribution in [3.8, 4) is 0 Å². The summed E-state index contributed by atoms with van der Waals surface area (Å²) in [6.45, 7) is 20.3. The molecule has 0 aliphatic rings. The Labute approximate surface area is 105 Å². The minimum atomic E-state index is -1.92. The lowest BCUT2D eigenvalue weighted by atomic mass is 10.3. The van der Waals surface area contributed by atoms with E-state index >= 15 is 0 Å². The van der Waals surface area contributed by atoms with Crippen molar-refractivity contribution in [2.24, 2.45) is 5.92 Å². The predicted octanol–water partition coefficient (Wildman–Crippen LogP) is 4.42. The number of hydrogen-bond acceptors (Lipinski definition) is 2. The van der Waals surface area contributed by atoms with Crippen molar-refractivity contribution in [2.75, 3.05) is 0 Å². The van der Waals surface area contributed by atoms with Crippen LogP contribution in [-0.2, 0) is 8.23 Å². The second-order valence-electron chi connectivity index (χ2n) is 7.07. The van der Waals surface area contributed by atoms with Crippen LogP contribution in [0.25, 0.3) is 0 Å². The van der Waals surface area contributed by atoms with Crippen LogP contribution in [-0.4, -0.2) is 25.2 Å². The van der Waals surface area contributed by atoms with E-state index in [1.807, 2.05) is 0 Å². The molecular weight excluding hydrogens is 248 g/mol. The van der Waals surface area contributed by atoms with Gasteiger partial charge in [0.25, 0.3) is 0 Å². The third-order valence-electron chi connectivity index (χ3n) is 1.97. The van der Waals surface area contributed by atoms with Crippen molar-refractivity contribution in [3.63, 3.8) is 0 Å². The van der Waals surface area contributed by atoms with Gasteiger partial charge in [-0.05, 0) is 57.8 Å². The summed E-state index contributed by atoms with van der Waals surface area (Å²) in [4.78, 5) is 0. The fourth-order valence-corrected chi connectivity index (χ4v) is 16.5. The highest BCUT2D eigenvalue weighted by Gasteiger charge is 2.37. The van der Waals surface area contributed by atoms with Gasteiger partial charge in [0.05, 0.1) is 0 Å². The van der Waals surface area contributed by atoms with Crippen LogP contribution in [0.2, 0.25) is 51.9 Å². The summed E-state index contributed by atoms with van der Waals surface area (Å²) >= 11 is 0. The van der Waals surface area contributed by atoms with Crippen LogP contribution in [0.3, 0.4) is 0 Å². The van der Waals surface area contributed by atoms with Crippen molar-refractivity contribution in [1.82, 2.24) is 0 Å². The monoisotopic (exact) mass is 278 g/mol. The van der Waals surface area contributed by atoms with Gasteiger partial charge >= 0.3 is 8.56 Å². The number of hydrogen-bond donors (Lipinski definition) is 0. The molecule has 0 N–H and O–H groups in total. The highest BCUT2D eigenvalue weighted by molar-refractivity contribution is 6.87. The van der Waals surface area contributed by atoms with Gasteiger partial charge in [-0.1, -0.05) is 13.8 Å². The van der Waals surface area contributed by atoms with Crippen LogP contribution in [0.15, 0.2) is 0 Å². The molecule has 0 rings (SSSR count). The summed E-state index contributed by atoms with van der Waals surface area (Å²) in [6.07, 6.45) is 0. The second-order valence-corrected chi connectivity index (χ2v) is 19.7. The molecule has 0 bridgehead atoms. The number of rotatable bonds is 6. The van der Waals surface area contributed by atoms with Crippen LogP contribution in [0.1, 0.15) is 13.8 Å². The Hall–Kier alpha value is 0.571. The lowest BCUT2D eigenvalue weighted by Gasteiger charge is -2.38. The van der Waals surface area contributed by atoms with Gasteiger partial charge in [-0.25, -0.2) is 0 Å². The van der Waals surface area contributed by atoms with Crippen LogP contribution in [0.4, 0.5) is 0 Å². The first-order chi connectivity index (χ1) is 6.83. The van der Waals surface area contributed by atoms with E-state index in [0.717, 1.165) is 5.92 Å². The largest absolute Gasteiger partial charge is 0.437 e. The van der Waals surface area contributed by atoms with E-state index in [1.54, 1.807) is 0 Å². The minimum Gasteiger partial charge on any atom is -0.437 e. The zero-order chi connectivity index (χ0) is 13.2. The SMILES string of the molecule is CC(C)C[Si](C)(C)O[Si](C)(C)O[Si](C)(C)C. The second kappa shape index (κ2) is 5.48. The standard InChI is InChI=1S/C11H30O2Si3/c1-11(2)10-15(6,7)13-16(8,9)12-14(3,4)5/h11H,10H2,1-9H3. The Morgan fingerprint density at radius 3 is 1.56 bits per heavy atom. The maximum absolute atomic E-state index is 6.40. The minimum absolute atomic E-state index is 0.721. The van der Waals surface area contributed by atoms with Gasteiger partial charge in [-0.15, -0.1) is 0 Å². The molecule has 16 heavy (non-hydrogen) atoms. The van der Waals surface area contributed by atoms with Crippen molar-refractivity contribution < 1.29 is 8.23 Å². The summed E-state index contributed by atoms with van der Waals surface area (Å²) < 4.78 is 12.6. The maximum atomic E-state index is 6.40. The van der Waals surface area contributed by atoms with Gasteiger partial charge in [-0.2, -0.15) is 0 Å². The molecule has 0 fully saturated rings. The highest BCUT2D eigenvalue weighted by atomic mass is 28.5. The molecule has 0 heterocycles. The first-order valence-corrected chi connectivity index (χ1v) is 15.6.